The van der Waals surface area contributed by atoms with Crippen LogP contribution in [0.15, 0.2) is 10.5 Å². The van der Waals surface area contributed by atoms with Crippen LogP contribution in [0, 0.1) is 6.92 Å². The molecule has 7 nitrogen and oxygen atoms in total. The summed E-state index contributed by atoms with van der Waals surface area (Å²) in [5.74, 6) is -1.84. The lowest BCUT2D eigenvalue weighted by molar-refractivity contribution is -0.142. The van der Waals surface area contributed by atoms with E-state index in [0.29, 0.717) is 18.4 Å². The number of nitrogens with zero attached hydrogens (tertiary/aromatic N) is 3. The molecule has 14 heteroatoms. The minimum Gasteiger partial charge on any atom is -0.365 e. The van der Waals surface area contributed by atoms with Gasteiger partial charge in [0, 0.05) is 11.3 Å². The molecule has 1 aliphatic rings. The van der Waals surface area contributed by atoms with Gasteiger partial charge < -0.3 is 11.1 Å². The van der Waals surface area contributed by atoms with Crippen LogP contribution < -0.4 is 11.1 Å². The highest BCUT2D eigenvalue weighted by molar-refractivity contribution is 9.10. The highest BCUT2D eigenvalue weighted by atomic mass is 79.9. The van der Waals surface area contributed by atoms with Crippen LogP contribution in [-0.2, 0) is 11.0 Å². The number of thiophene rings is 1. The number of amides is 2. The number of aromatic nitrogens is 3. The number of carbonyl (C=O) groups excluding carboxylic acids is 2. The number of primary amides is 1. The fraction of sp³-hybridized carbons (Fsp3) is 0.400. The van der Waals surface area contributed by atoms with Crippen LogP contribution in [0.4, 0.5) is 27.6 Å². The number of nitrogens with one attached hydrogen (secondary N) is 1. The Morgan fingerprint density at radius 1 is 1.32 bits per heavy atom. The molecule has 2 amide bonds. The quantitative estimate of drug-likeness (QED) is 0.374. The van der Waals surface area contributed by atoms with Gasteiger partial charge in [0.2, 0.25) is 5.91 Å². The highest BCUT2D eigenvalue weighted by Gasteiger charge is 2.43. The molecular formula is C20H17BrF5N5O2S. The molecule has 3 heterocycles. The van der Waals surface area contributed by atoms with Crippen molar-refractivity contribution in [2.45, 2.75) is 51.3 Å². The summed E-state index contributed by atoms with van der Waals surface area (Å²) >= 11 is 3.73. The Balaban J connectivity index is 1.76. The van der Waals surface area contributed by atoms with Crippen molar-refractivity contribution in [1.82, 2.24) is 14.8 Å². The molecule has 1 aliphatic carbocycles. The van der Waals surface area contributed by atoms with Gasteiger partial charge in [-0.1, -0.05) is 0 Å². The minimum absolute atomic E-state index is 0.0228. The fourth-order valence-corrected chi connectivity index (χ4v) is 5.55. The number of hydrogen-bond acceptors (Lipinski definition) is 5. The van der Waals surface area contributed by atoms with Gasteiger partial charge in [-0.15, -0.1) is 11.3 Å². The van der Waals surface area contributed by atoms with Gasteiger partial charge in [0.1, 0.15) is 21.4 Å². The second-order valence-corrected chi connectivity index (χ2v) is 9.74. The van der Waals surface area contributed by atoms with Crippen molar-refractivity contribution in [3.8, 4) is 0 Å². The molecular weight excluding hydrogens is 549 g/mol. The van der Waals surface area contributed by atoms with Crippen molar-refractivity contribution in [3.05, 3.63) is 38.1 Å². The smallest absolute Gasteiger partial charge is 0.365 e. The van der Waals surface area contributed by atoms with Crippen LogP contribution >= 0.6 is 27.3 Å². The summed E-state index contributed by atoms with van der Waals surface area (Å²) in [6.45, 7) is 2.89. The summed E-state index contributed by atoms with van der Waals surface area (Å²) in [5.41, 5.74) is 4.37. The van der Waals surface area contributed by atoms with Crippen molar-refractivity contribution in [2.75, 3.05) is 5.32 Å². The Labute approximate surface area is 201 Å². The largest absolute Gasteiger partial charge is 0.436 e. The van der Waals surface area contributed by atoms with E-state index in [1.54, 1.807) is 0 Å². The topological polar surface area (TPSA) is 103 Å². The standard InChI is InChI=1S/C20H17BrF5N5O2S/c1-6-5-9(16(22)23)28-19-10(6)12(14(34-19)17(27)32)29-18(33)7(2)31-13(8-3-4-8)11(21)15(30-31)20(24,25)26/h5,7-8,16H,3-4H2,1-2H3,(H2,27,32)(H,29,33). The Hall–Kier alpha value is -2.61. The number of aryl methyl sites for hydroxylation is 1. The number of halogens is 6. The fourth-order valence-electron chi connectivity index (χ4n) is 3.68. The van der Waals surface area contributed by atoms with E-state index >= 15 is 0 Å². The Bertz CT molecular complexity index is 1320. The van der Waals surface area contributed by atoms with E-state index in [0.717, 1.165) is 22.1 Å². The third-order valence-electron chi connectivity index (χ3n) is 5.44. The predicted molar refractivity (Wildman–Crippen MR) is 118 cm³/mol. The van der Waals surface area contributed by atoms with Crippen molar-refractivity contribution < 1.29 is 31.5 Å². The van der Waals surface area contributed by atoms with Crippen molar-refractivity contribution in [3.63, 3.8) is 0 Å². The van der Waals surface area contributed by atoms with E-state index in [9.17, 15) is 31.5 Å². The van der Waals surface area contributed by atoms with E-state index in [-0.39, 0.29) is 36.9 Å². The van der Waals surface area contributed by atoms with Crippen LogP contribution in [0.5, 0.6) is 0 Å². The maximum absolute atomic E-state index is 13.4. The zero-order valence-electron chi connectivity index (χ0n) is 17.6. The molecule has 0 spiro atoms. The second-order valence-electron chi connectivity index (χ2n) is 7.94. The lowest BCUT2D eigenvalue weighted by Crippen LogP contribution is -2.27. The number of nitrogens with two attached hydrogens (primary N) is 1. The molecule has 3 aromatic rings. The predicted octanol–water partition coefficient (Wildman–Crippen LogP) is 5.70. The van der Waals surface area contributed by atoms with Gasteiger partial charge in [0.25, 0.3) is 12.3 Å². The van der Waals surface area contributed by atoms with Gasteiger partial charge >= 0.3 is 6.18 Å². The molecule has 3 N–H and O–H groups in total. The van der Waals surface area contributed by atoms with Gasteiger partial charge in [0.15, 0.2) is 5.69 Å². The first-order chi connectivity index (χ1) is 15.8. The number of anilines is 1. The molecule has 1 fully saturated rings. The van der Waals surface area contributed by atoms with Crippen molar-refractivity contribution >= 4 is 55.0 Å². The monoisotopic (exact) mass is 565 g/mol. The summed E-state index contributed by atoms with van der Waals surface area (Å²) in [6.07, 6.45) is -6.25. The number of carbonyl (C=O) groups is 2. The number of hydrogen-bond donors (Lipinski definition) is 2. The Morgan fingerprint density at radius 3 is 2.50 bits per heavy atom. The molecule has 3 aromatic heterocycles. The van der Waals surface area contributed by atoms with Gasteiger partial charge in [-0.05, 0) is 54.2 Å². The van der Waals surface area contributed by atoms with E-state index < -0.39 is 41.8 Å². The molecule has 1 atom stereocenters. The normalized spacial score (nSPS) is 15.2. The summed E-state index contributed by atoms with van der Waals surface area (Å²) in [6, 6.07) is -0.0538. The minimum atomic E-state index is -4.72. The number of fused-ring (bicyclic) bond motifs is 1. The van der Waals surface area contributed by atoms with Crippen LogP contribution in [0.3, 0.4) is 0 Å². The molecule has 1 saturated carbocycles. The van der Waals surface area contributed by atoms with Crippen LogP contribution in [-0.4, -0.2) is 26.6 Å². The molecule has 34 heavy (non-hydrogen) atoms. The summed E-state index contributed by atoms with van der Waals surface area (Å²) in [7, 11) is 0. The first-order valence-electron chi connectivity index (χ1n) is 9.99. The first kappa shape index (κ1) is 24.5. The summed E-state index contributed by atoms with van der Waals surface area (Å²) < 4.78 is 67.4. The molecule has 4 rings (SSSR count). The zero-order chi connectivity index (χ0) is 25.1. The van der Waals surface area contributed by atoms with Crippen LogP contribution in [0.25, 0.3) is 10.2 Å². The van der Waals surface area contributed by atoms with Gasteiger partial charge in [-0.25, -0.2) is 13.8 Å². The maximum Gasteiger partial charge on any atom is 0.436 e. The second kappa shape index (κ2) is 8.56. The van der Waals surface area contributed by atoms with Crippen molar-refractivity contribution in [1.29, 1.82) is 0 Å². The van der Waals surface area contributed by atoms with Gasteiger partial charge in [0.05, 0.1) is 15.9 Å². The SMILES string of the molecule is Cc1cc(C(F)F)nc2sc(C(N)=O)c(NC(=O)C(C)n3nc(C(F)(F)F)c(Br)c3C3CC3)c12. The van der Waals surface area contributed by atoms with Crippen LogP contribution in [0.1, 0.15) is 70.5 Å². The Morgan fingerprint density at radius 2 is 1.97 bits per heavy atom. The third-order valence-corrected chi connectivity index (χ3v) is 7.32. The lowest BCUT2D eigenvalue weighted by Gasteiger charge is -2.16. The summed E-state index contributed by atoms with van der Waals surface area (Å²) in [5, 5.41) is 6.46. The zero-order valence-corrected chi connectivity index (χ0v) is 20.0. The lowest BCUT2D eigenvalue weighted by atomic mass is 10.1. The first-order valence-corrected chi connectivity index (χ1v) is 11.6. The van der Waals surface area contributed by atoms with E-state index in [4.69, 9.17) is 5.73 Å². The Kier molecular flexibility index (Phi) is 6.17. The number of rotatable bonds is 6. The highest BCUT2D eigenvalue weighted by Crippen LogP contribution is 2.48. The van der Waals surface area contributed by atoms with E-state index in [1.165, 1.54) is 13.8 Å². The number of pyridine rings is 1. The third kappa shape index (κ3) is 4.28. The molecule has 0 saturated heterocycles. The molecule has 0 aliphatic heterocycles. The van der Waals surface area contributed by atoms with Crippen molar-refractivity contribution in [2.24, 2.45) is 5.73 Å². The molecule has 182 valence electrons. The number of alkyl halides is 5. The maximum atomic E-state index is 13.4. The van der Waals surface area contributed by atoms with E-state index in [1.807, 2.05) is 0 Å². The van der Waals surface area contributed by atoms with Gasteiger partial charge in [-0.2, -0.15) is 18.3 Å². The molecule has 1 unspecified atom stereocenters. The average Bonchev–Trinajstić information content (AvgIpc) is 3.40. The molecule has 0 bridgehead atoms. The molecule has 0 radical (unpaired) electrons. The summed E-state index contributed by atoms with van der Waals surface area (Å²) in [4.78, 5) is 29.0. The van der Waals surface area contributed by atoms with E-state index in [2.05, 4.69) is 31.3 Å². The average molecular weight is 566 g/mol. The molecule has 0 aromatic carbocycles. The van der Waals surface area contributed by atoms with Gasteiger partial charge in [-0.3, -0.25) is 14.3 Å². The van der Waals surface area contributed by atoms with Crippen LogP contribution in [0.2, 0.25) is 0 Å².